The van der Waals surface area contributed by atoms with Crippen molar-refractivity contribution in [3.05, 3.63) is 0 Å². The van der Waals surface area contributed by atoms with E-state index in [0.717, 1.165) is 25.7 Å². The second kappa shape index (κ2) is 9.29. The molecule has 33 heavy (non-hydrogen) atoms. The smallest absolute Gasteiger partial charge is 0.475 e. The Morgan fingerprint density at radius 1 is 1.06 bits per heavy atom. The van der Waals surface area contributed by atoms with Crippen molar-refractivity contribution >= 4 is 11.9 Å². The van der Waals surface area contributed by atoms with Crippen molar-refractivity contribution in [2.75, 3.05) is 6.54 Å². The van der Waals surface area contributed by atoms with Crippen molar-refractivity contribution in [2.45, 2.75) is 87.5 Å². The molecule has 1 amide bonds. The lowest BCUT2D eigenvalue weighted by Crippen LogP contribution is -2.54. The number of rotatable bonds is 4. The molecular weight excluding hydrogens is 458 g/mol. The monoisotopic (exact) mass is 484 g/mol. The molecule has 0 spiro atoms. The topological polar surface area (TPSA) is 111 Å². The van der Waals surface area contributed by atoms with E-state index < -0.39 is 30.8 Å². The van der Waals surface area contributed by atoms with Crippen LogP contribution in [0.15, 0.2) is 0 Å². The van der Waals surface area contributed by atoms with E-state index in [1.165, 1.54) is 0 Å². The van der Waals surface area contributed by atoms with E-state index in [0.29, 0.717) is 18.8 Å². The van der Waals surface area contributed by atoms with Crippen LogP contribution in [0.25, 0.3) is 0 Å². The van der Waals surface area contributed by atoms with Crippen LogP contribution in [0.4, 0.5) is 26.3 Å². The lowest BCUT2D eigenvalue weighted by molar-refractivity contribution is -0.192. The van der Waals surface area contributed by atoms with E-state index in [1.54, 1.807) is 4.90 Å². The summed E-state index contributed by atoms with van der Waals surface area (Å²) in [5.74, 6) is -2.43. The molecule has 2 unspecified atom stereocenters. The molecule has 13 heteroatoms. The summed E-state index contributed by atoms with van der Waals surface area (Å²) in [7, 11) is 0. The molecule has 1 saturated carbocycles. The van der Waals surface area contributed by atoms with Crippen LogP contribution in [0.1, 0.15) is 44.9 Å². The molecule has 0 aromatic carbocycles. The van der Waals surface area contributed by atoms with E-state index in [4.69, 9.17) is 15.6 Å². The zero-order valence-corrected chi connectivity index (χ0v) is 17.6. The third-order valence-corrected chi connectivity index (χ3v) is 7.12. The molecule has 2 bridgehead atoms. The van der Waals surface area contributed by atoms with Gasteiger partial charge in [0.2, 0.25) is 5.91 Å². The van der Waals surface area contributed by atoms with Crippen molar-refractivity contribution in [3.8, 4) is 6.07 Å². The Hall–Kier alpha value is -2.07. The molecule has 3 saturated heterocycles. The number of amides is 1. The number of aliphatic carboxylic acids is 1. The van der Waals surface area contributed by atoms with Gasteiger partial charge in [-0.25, -0.2) is 4.79 Å². The number of fused-ring (bicyclic) bond motifs is 3. The van der Waals surface area contributed by atoms with Gasteiger partial charge in [-0.2, -0.15) is 31.6 Å². The van der Waals surface area contributed by atoms with Gasteiger partial charge in [-0.05, 0) is 50.4 Å². The highest BCUT2D eigenvalue weighted by Gasteiger charge is 2.56. The molecule has 3 N–H and O–H groups in total. The maximum absolute atomic E-state index is 12.9. The number of carboxylic acid groups (broad SMARTS) is 1. The van der Waals surface area contributed by atoms with Gasteiger partial charge in [-0.1, -0.05) is 0 Å². The van der Waals surface area contributed by atoms with Gasteiger partial charge in [0.1, 0.15) is 6.04 Å². The van der Waals surface area contributed by atoms with Crippen molar-refractivity contribution in [1.29, 1.82) is 5.26 Å². The Kier molecular flexibility index (Phi) is 7.19. The van der Waals surface area contributed by atoms with Gasteiger partial charge >= 0.3 is 18.3 Å². The van der Waals surface area contributed by atoms with E-state index in [-0.39, 0.29) is 42.5 Å². The molecule has 0 aromatic heterocycles. The van der Waals surface area contributed by atoms with Gasteiger partial charge in [0.25, 0.3) is 0 Å². The molecule has 3 heterocycles. The fourth-order valence-electron chi connectivity index (χ4n) is 5.49. The van der Waals surface area contributed by atoms with Crippen molar-refractivity contribution in [1.82, 2.24) is 9.80 Å². The molecule has 7 nitrogen and oxygen atoms in total. The Balaban J connectivity index is 0.000000383. The van der Waals surface area contributed by atoms with E-state index >= 15 is 0 Å². The number of likely N-dealkylation sites (tertiary alicyclic amines) is 1. The molecule has 186 valence electrons. The summed E-state index contributed by atoms with van der Waals surface area (Å²) in [6.07, 6.45) is -5.15. The second-order valence-electron chi connectivity index (χ2n) is 9.24. The molecule has 4 fully saturated rings. The number of nitrogens with two attached hydrogens (primary N) is 1. The van der Waals surface area contributed by atoms with Crippen molar-refractivity contribution in [3.63, 3.8) is 0 Å². The summed E-state index contributed by atoms with van der Waals surface area (Å²) in [4.78, 5) is 25.5. The highest BCUT2D eigenvalue weighted by molar-refractivity contribution is 5.84. The van der Waals surface area contributed by atoms with Gasteiger partial charge in [-0.15, -0.1) is 0 Å². The number of alkyl halides is 6. The zero-order chi connectivity index (χ0) is 24.7. The quantitative estimate of drug-likeness (QED) is 0.594. The molecule has 4 rings (SSSR count). The molecule has 0 radical (unpaired) electrons. The Morgan fingerprint density at radius 2 is 1.61 bits per heavy atom. The number of hydrogen-bond acceptors (Lipinski definition) is 5. The first-order valence-electron chi connectivity index (χ1n) is 10.8. The van der Waals surface area contributed by atoms with Crippen LogP contribution in [0, 0.1) is 23.2 Å². The SMILES string of the molecule is N#C[C@@H]1C[C@@H]2C[C@@H]2N1C(=O)[C@@H](N)C1CC2CCC(C1)N2CCC(F)(F)F.O=C(O)C(F)(F)F. The fourth-order valence-corrected chi connectivity index (χ4v) is 5.49. The van der Waals surface area contributed by atoms with Crippen LogP contribution in [0.3, 0.4) is 0 Å². The zero-order valence-electron chi connectivity index (χ0n) is 17.6. The van der Waals surface area contributed by atoms with Crippen molar-refractivity contribution in [2.24, 2.45) is 17.6 Å². The van der Waals surface area contributed by atoms with E-state index in [1.807, 2.05) is 4.90 Å². The Morgan fingerprint density at radius 3 is 2.06 bits per heavy atom. The van der Waals surface area contributed by atoms with Crippen LogP contribution >= 0.6 is 0 Å². The third-order valence-electron chi connectivity index (χ3n) is 7.12. The minimum atomic E-state index is -5.08. The molecule has 3 aliphatic heterocycles. The highest BCUT2D eigenvalue weighted by atomic mass is 19.4. The van der Waals surface area contributed by atoms with Crippen LogP contribution < -0.4 is 5.73 Å². The first kappa shape index (κ1) is 25.6. The van der Waals surface area contributed by atoms with Gasteiger partial charge in [0.15, 0.2) is 0 Å². The predicted molar refractivity (Wildman–Crippen MR) is 101 cm³/mol. The first-order valence-corrected chi connectivity index (χ1v) is 10.8. The summed E-state index contributed by atoms with van der Waals surface area (Å²) < 4.78 is 69.4. The normalized spacial score (nSPS) is 34.1. The standard InChI is InChI=1S/C18H25F3N4O.C2HF3O2/c19-18(20,21)3-4-24-12-1-2-13(24)7-11(6-12)16(23)17(26)25-14(9-22)5-10-8-15(10)25;3-2(4,5)1(6)7/h10-16H,1-8,23H2;(H,6,7)/t10-,11?,12?,13?,14+,15+,16+;/m1./s1. The first-order chi connectivity index (χ1) is 15.2. The number of piperidine rings is 2. The van der Waals surface area contributed by atoms with Gasteiger partial charge in [0.05, 0.1) is 18.5 Å². The average Bonchev–Trinajstić information content (AvgIpc) is 3.31. The van der Waals surface area contributed by atoms with Gasteiger partial charge in [0, 0.05) is 24.7 Å². The Bertz CT molecular complexity index is 784. The molecule has 6 atom stereocenters. The number of nitriles is 1. The number of carbonyl (C=O) groups excluding carboxylic acids is 1. The molecule has 0 aromatic rings. The summed E-state index contributed by atoms with van der Waals surface area (Å²) in [5, 5.41) is 16.4. The van der Waals surface area contributed by atoms with Crippen LogP contribution in [-0.2, 0) is 9.59 Å². The van der Waals surface area contributed by atoms with Crippen LogP contribution in [-0.4, -0.2) is 75.9 Å². The van der Waals surface area contributed by atoms with Gasteiger partial charge in [-0.3, -0.25) is 9.69 Å². The van der Waals surface area contributed by atoms with Gasteiger partial charge < -0.3 is 15.7 Å². The number of carbonyl (C=O) groups is 2. The van der Waals surface area contributed by atoms with E-state index in [2.05, 4.69) is 6.07 Å². The summed E-state index contributed by atoms with van der Waals surface area (Å²) >= 11 is 0. The Labute approximate surface area is 186 Å². The number of carboxylic acids is 1. The summed E-state index contributed by atoms with van der Waals surface area (Å²) in [5.41, 5.74) is 6.31. The minimum absolute atomic E-state index is 0.000667. The van der Waals surface area contributed by atoms with Crippen molar-refractivity contribution < 1.29 is 41.0 Å². The summed E-state index contributed by atoms with van der Waals surface area (Å²) in [6.45, 7) is 0.0428. The van der Waals surface area contributed by atoms with Crippen LogP contribution in [0.2, 0.25) is 0 Å². The maximum atomic E-state index is 12.9. The van der Waals surface area contributed by atoms with E-state index in [9.17, 15) is 36.4 Å². The third kappa shape index (κ3) is 5.90. The minimum Gasteiger partial charge on any atom is -0.475 e. The highest BCUT2D eigenvalue weighted by Crippen LogP contribution is 2.48. The predicted octanol–water partition coefficient (Wildman–Crippen LogP) is 2.66. The maximum Gasteiger partial charge on any atom is 0.490 e. The summed E-state index contributed by atoms with van der Waals surface area (Å²) in [6, 6.07) is 1.59. The molecule has 4 aliphatic rings. The lowest BCUT2D eigenvalue weighted by Gasteiger charge is -2.41. The second-order valence-corrected chi connectivity index (χ2v) is 9.24. The number of halogens is 6. The number of hydrogen-bond donors (Lipinski definition) is 2. The molecular formula is C20H26F6N4O3. The average molecular weight is 484 g/mol. The lowest BCUT2D eigenvalue weighted by atomic mass is 9.84. The fraction of sp³-hybridized carbons (Fsp3) is 0.850. The van der Waals surface area contributed by atoms with Crippen LogP contribution in [0.5, 0.6) is 0 Å². The number of nitrogens with zero attached hydrogens (tertiary/aromatic N) is 3. The molecule has 1 aliphatic carbocycles. The largest absolute Gasteiger partial charge is 0.490 e.